The number of methoxy groups -OCH3 is 3. The minimum atomic E-state index is -1.03. The molecule has 0 aliphatic carbocycles. The quantitative estimate of drug-likeness (QED) is 0.332. The van der Waals surface area contributed by atoms with Gasteiger partial charge in [-0.05, 0) is 47.7 Å². The van der Waals surface area contributed by atoms with Gasteiger partial charge in [0.25, 0.3) is 0 Å². The fourth-order valence-electron chi connectivity index (χ4n) is 8.52. The first kappa shape index (κ1) is 32.2. The number of hydrogen-bond donors (Lipinski definition) is 3. The van der Waals surface area contributed by atoms with Crippen molar-refractivity contribution >= 4 is 0 Å². The molecular formula is C31H48N4O8. The van der Waals surface area contributed by atoms with Gasteiger partial charge in [-0.15, -0.1) is 0 Å². The third-order valence-electron chi connectivity index (χ3n) is 9.93. The largest absolute Gasteiger partial charge is 0.496 e. The summed E-state index contributed by atoms with van der Waals surface area (Å²) in [6, 6.07) is 1.24. The van der Waals surface area contributed by atoms with Gasteiger partial charge in [-0.2, -0.15) is 5.26 Å². The van der Waals surface area contributed by atoms with E-state index in [4.69, 9.17) is 28.4 Å². The molecule has 12 nitrogen and oxygen atoms in total. The molecule has 0 aromatic heterocycles. The lowest BCUT2D eigenvalue weighted by Crippen LogP contribution is -2.67. The lowest BCUT2D eigenvalue weighted by atomic mass is 9.79. The van der Waals surface area contributed by atoms with Crippen molar-refractivity contribution in [1.82, 2.24) is 15.1 Å². The highest BCUT2D eigenvalue weighted by Gasteiger charge is 2.56. The second-order valence-corrected chi connectivity index (χ2v) is 12.8. The second kappa shape index (κ2) is 12.7. The van der Waals surface area contributed by atoms with Crippen molar-refractivity contribution in [2.45, 2.75) is 94.3 Å². The molecule has 0 radical (unpaired) electrons. The minimum absolute atomic E-state index is 0.00465. The number of hydrogen-bond acceptors (Lipinski definition) is 12. The summed E-state index contributed by atoms with van der Waals surface area (Å²) in [5, 5.41) is 35.9. The molecular weight excluding hydrogens is 556 g/mol. The summed E-state index contributed by atoms with van der Waals surface area (Å²) in [7, 11) is 8.68. The zero-order chi connectivity index (χ0) is 31.2. The van der Waals surface area contributed by atoms with E-state index in [1.54, 1.807) is 21.3 Å². The highest BCUT2D eigenvalue weighted by atomic mass is 16.7. The van der Waals surface area contributed by atoms with E-state index in [9.17, 15) is 15.5 Å². The van der Waals surface area contributed by atoms with E-state index in [1.165, 1.54) is 0 Å². The van der Waals surface area contributed by atoms with Gasteiger partial charge in [0.2, 0.25) is 0 Å². The molecule has 0 amide bonds. The van der Waals surface area contributed by atoms with Crippen LogP contribution in [0.25, 0.3) is 0 Å². The van der Waals surface area contributed by atoms with Crippen molar-refractivity contribution < 1.29 is 38.6 Å². The molecule has 4 heterocycles. The number of fused-ring (bicyclic) bond motifs is 5. The van der Waals surface area contributed by atoms with Gasteiger partial charge >= 0.3 is 0 Å². The third-order valence-corrected chi connectivity index (χ3v) is 9.93. The standard InChI is InChI=1S/C31H48N4O8/c1-16-27(39-7)19-10-21-26-18(13-36)9-20(33-26)22(12-32)35(21)23(25(19)29(28(16)40-8)42-15-38-6)14-41-24-11-31(3,37)30(34(4)5)17(2)43-24/h17-18,20-24,26,30,33,36-37H,9-11,13-15H2,1-8H3/t17-,18-,20+,21-,22-,23-,24+,26-,30+,31-/m0/s1. The van der Waals surface area contributed by atoms with E-state index >= 15 is 0 Å². The minimum Gasteiger partial charge on any atom is -0.496 e. The van der Waals surface area contributed by atoms with Crippen molar-refractivity contribution in [2.24, 2.45) is 5.92 Å². The van der Waals surface area contributed by atoms with Crippen LogP contribution in [0.15, 0.2) is 0 Å². The molecule has 4 aliphatic rings. The van der Waals surface area contributed by atoms with Crippen molar-refractivity contribution in [3.05, 3.63) is 16.7 Å². The zero-order valence-electron chi connectivity index (χ0n) is 26.6. The highest BCUT2D eigenvalue weighted by Crippen LogP contribution is 2.54. The van der Waals surface area contributed by atoms with E-state index < -0.39 is 24.0 Å². The SMILES string of the molecule is COCOc1c(OC)c(C)c(OC)c2c1[C@H](CO[C@H]1C[C@](C)(O)[C@H](N(C)C)[C@H](C)O1)N1[C@@H](C#N)[C@H]3C[C@@H](CO)[C@H](N3)[C@@H]1C2. The first-order valence-electron chi connectivity index (χ1n) is 15.1. The van der Waals surface area contributed by atoms with Gasteiger partial charge in [-0.1, -0.05) is 0 Å². The van der Waals surface area contributed by atoms with E-state index in [-0.39, 0.29) is 62.6 Å². The summed E-state index contributed by atoms with van der Waals surface area (Å²) in [6.07, 6.45) is 0.649. The van der Waals surface area contributed by atoms with E-state index in [1.807, 2.05) is 39.8 Å². The highest BCUT2D eigenvalue weighted by molar-refractivity contribution is 5.65. The Labute approximate surface area is 254 Å². The monoisotopic (exact) mass is 604 g/mol. The number of likely N-dealkylation sites (N-methyl/N-ethyl adjacent to an activating group) is 1. The molecule has 43 heavy (non-hydrogen) atoms. The Morgan fingerprint density at radius 1 is 1.19 bits per heavy atom. The molecule has 0 saturated carbocycles. The van der Waals surface area contributed by atoms with E-state index in [2.05, 4.69) is 16.3 Å². The number of benzene rings is 1. The van der Waals surface area contributed by atoms with Crippen LogP contribution in [0.3, 0.4) is 0 Å². The maximum Gasteiger partial charge on any atom is 0.188 e. The smallest absolute Gasteiger partial charge is 0.188 e. The van der Waals surface area contributed by atoms with Crippen LogP contribution in [0.1, 0.15) is 49.4 Å². The number of nitrogens with one attached hydrogen (secondary N) is 1. The molecule has 2 bridgehead atoms. The average Bonchev–Trinajstić information content (AvgIpc) is 3.33. The summed E-state index contributed by atoms with van der Waals surface area (Å²) >= 11 is 0. The van der Waals surface area contributed by atoms with Crippen LogP contribution < -0.4 is 19.5 Å². The predicted octanol–water partition coefficient (Wildman–Crippen LogP) is 1.34. The van der Waals surface area contributed by atoms with Gasteiger partial charge in [0.15, 0.2) is 24.6 Å². The van der Waals surface area contributed by atoms with Crippen LogP contribution in [0.5, 0.6) is 17.2 Å². The molecule has 3 fully saturated rings. The normalized spacial score (nSPS) is 37.0. The molecule has 3 N–H and O–H groups in total. The van der Waals surface area contributed by atoms with Gasteiger partial charge in [-0.3, -0.25) is 4.90 Å². The molecule has 10 atom stereocenters. The number of ether oxygens (including phenoxy) is 6. The summed E-state index contributed by atoms with van der Waals surface area (Å²) in [5.74, 6) is 1.79. The molecule has 3 saturated heterocycles. The van der Waals surface area contributed by atoms with Crippen molar-refractivity contribution in [3.8, 4) is 23.3 Å². The van der Waals surface area contributed by atoms with Crippen LogP contribution in [0, 0.1) is 24.2 Å². The molecule has 5 rings (SSSR count). The number of piperazine rings is 1. The Hall–Kier alpha value is -2.21. The summed E-state index contributed by atoms with van der Waals surface area (Å²) < 4.78 is 36.3. The summed E-state index contributed by atoms with van der Waals surface area (Å²) in [6.45, 7) is 5.93. The molecule has 1 aromatic rings. The van der Waals surface area contributed by atoms with Gasteiger partial charge < -0.3 is 48.9 Å². The van der Waals surface area contributed by atoms with Crippen LogP contribution in [-0.2, 0) is 20.6 Å². The number of aliphatic hydroxyl groups excluding tert-OH is 1. The van der Waals surface area contributed by atoms with Gasteiger partial charge in [0, 0.05) is 60.9 Å². The Morgan fingerprint density at radius 2 is 1.91 bits per heavy atom. The van der Waals surface area contributed by atoms with Gasteiger partial charge in [-0.25, -0.2) is 0 Å². The summed E-state index contributed by atoms with van der Waals surface area (Å²) in [5.41, 5.74) is 1.56. The van der Waals surface area contributed by atoms with Gasteiger partial charge in [0.1, 0.15) is 11.8 Å². The number of nitriles is 1. The van der Waals surface area contributed by atoms with Crippen molar-refractivity contribution in [3.63, 3.8) is 0 Å². The lowest BCUT2D eigenvalue weighted by Gasteiger charge is -2.52. The first-order valence-corrected chi connectivity index (χ1v) is 15.1. The van der Waals surface area contributed by atoms with Gasteiger partial charge in [0.05, 0.1) is 50.7 Å². The maximum atomic E-state index is 11.4. The maximum absolute atomic E-state index is 11.4. The third kappa shape index (κ3) is 5.48. The first-order chi connectivity index (χ1) is 20.5. The fraction of sp³-hybridized carbons (Fsp3) is 0.774. The van der Waals surface area contributed by atoms with Crippen molar-refractivity contribution in [1.29, 1.82) is 5.26 Å². The van der Waals surface area contributed by atoms with E-state index in [0.29, 0.717) is 30.1 Å². The lowest BCUT2D eigenvalue weighted by molar-refractivity contribution is -0.260. The fourth-order valence-corrected chi connectivity index (χ4v) is 8.52. The van der Waals surface area contributed by atoms with Crippen LogP contribution in [0.4, 0.5) is 0 Å². The second-order valence-electron chi connectivity index (χ2n) is 12.8. The Morgan fingerprint density at radius 3 is 2.49 bits per heavy atom. The van der Waals surface area contributed by atoms with E-state index in [0.717, 1.165) is 16.7 Å². The van der Waals surface area contributed by atoms with Crippen LogP contribution in [0.2, 0.25) is 0 Å². The summed E-state index contributed by atoms with van der Waals surface area (Å²) in [4.78, 5) is 4.22. The Balaban J connectivity index is 1.61. The number of nitrogens with zero attached hydrogens (tertiary/aromatic N) is 3. The molecule has 4 aliphatic heterocycles. The number of aliphatic hydroxyl groups is 2. The van der Waals surface area contributed by atoms with Crippen LogP contribution >= 0.6 is 0 Å². The molecule has 0 unspecified atom stereocenters. The average molecular weight is 605 g/mol. The number of rotatable bonds is 10. The topological polar surface area (TPSA) is 138 Å². The zero-order valence-corrected chi connectivity index (χ0v) is 26.6. The molecule has 0 spiro atoms. The molecule has 240 valence electrons. The Kier molecular flexibility index (Phi) is 9.47. The van der Waals surface area contributed by atoms with Crippen LogP contribution in [-0.4, -0.2) is 124 Å². The Bertz CT molecular complexity index is 1210. The molecule has 1 aromatic carbocycles. The predicted molar refractivity (Wildman–Crippen MR) is 157 cm³/mol. The molecule has 12 heteroatoms. The van der Waals surface area contributed by atoms with Crippen molar-refractivity contribution in [2.75, 3.05) is 55.4 Å².